The molecule has 1 aromatic heterocycles. The second-order valence-corrected chi connectivity index (χ2v) is 11.0. The van der Waals surface area contributed by atoms with Gasteiger partial charge in [-0.1, -0.05) is 11.6 Å². The standard InChI is InChI=1S/C22H25ClF2N4O3S/c1-33(31,32)16-10-18(24)17(19(25)11-16)9-14-3-2-6-29(22(14)30)15-4-7-28(8-5-15)21-13-26-20(23)12-27-21/h10-15H,2-9H2,1H3/t14-/m1/s1. The quantitative estimate of drug-likeness (QED) is 0.629. The van der Waals surface area contributed by atoms with Crippen LogP contribution in [0.15, 0.2) is 29.4 Å². The molecular weight excluding hydrogens is 474 g/mol. The van der Waals surface area contributed by atoms with Crippen molar-refractivity contribution in [3.63, 3.8) is 0 Å². The van der Waals surface area contributed by atoms with E-state index in [1.54, 1.807) is 6.20 Å². The lowest BCUT2D eigenvalue weighted by Gasteiger charge is -2.42. The zero-order valence-corrected chi connectivity index (χ0v) is 19.7. The lowest BCUT2D eigenvalue weighted by Crippen LogP contribution is -2.52. The Balaban J connectivity index is 1.42. The second kappa shape index (κ2) is 9.50. The Morgan fingerprint density at radius 1 is 1.06 bits per heavy atom. The minimum atomic E-state index is -3.73. The number of amides is 1. The predicted octanol–water partition coefficient (Wildman–Crippen LogP) is 3.26. The number of benzene rings is 1. The minimum Gasteiger partial charge on any atom is -0.355 e. The van der Waals surface area contributed by atoms with Crippen LogP contribution in [-0.4, -0.2) is 61.1 Å². The molecule has 7 nitrogen and oxygen atoms in total. The lowest BCUT2D eigenvalue weighted by molar-refractivity contribution is -0.141. The third kappa shape index (κ3) is 5.27. The molecule has 0 unspecified atom stereocenters. The highest BCUT2D eigenvalue weighted by Gasteiger charge is 2.36. The third-order valence-electron chi connectivity index (χ3n) is 6.41. The van der Waals surface area contributed by atoms with Gasteiger partial charge in [0.2, 0.25) is 5.91 Å². The van der Waals surface area contributed by atoms with Crippen molar-refractivity contribution in [2.24, 2.45) is 5.92 Å². The molecule has 1 aromatic carbocycles. The number of piperidine rings is 2. The van der Waals surface area contributed by atoms with E-state index in [-0.39, 0.29) is 23.9 Å². The van der Waals surface area contributed by atoms with Gasteiger partial charge in [-0.05, 0) is 44.2 Å². The molecule has 1 amide bonds. The molecule has 4 rings (SSSR count). The number of halogens is 3. The van der Waals surface area contributed by atoms with Crippen LogP contribution in [0.3, 0.4) is 0 Å². The molecule has 2 aromatic rings. The summed E-state index contributed by atoms with van der Waals surface area (Å²) in [5.41, 5.74) is -0.237. The summed E-state index contributed by atoms with van der Waals surface area (Å²) < 4.78 is 52.4. The summed E-state index contributed by atoms with van der Waals surface area (Å²) in [5, 5.41) is 0.331. The van der Waals surface area contributed by atoms with Gasteiger partial charge in [0.1, 0.15) is 22.6 Å². The normalized spacial score (nSPS) is 20.4. The highest BCUT2D eigenvalue weighted by atomic mass is 35.5. The molecule has 0 bridgehead atoms. The number of anilines is 1. The summed E-state index contributed by atoms with van der Waals surface area (Å²) in [5.74, 6) is -1.76. The highest BCUT2D eigenvalue weighted by molar-refractivity contribution is 7.90. The van der Waals surface area contributed by atoms with E-state index < -0.39 is 32.3 Å². The number of nitrogens with zero attached hydrogens (tertiary/aromatic N) is 4. The Kier molecular flexibility index (Phi) is 6.86. The predicted molar refractivity (Wildman–Crippen MR) is 120 cm³/mol. The summed E-state index contributed by atoms with van der Waals surface area (Å²) in [7, 11) is -3.73. The largest absolute Gasteiger partial charge is 0.355 e. The molecule has 2 saturated heterocycles. The zero-order valence-electron chi connectivity index (χ0n) is 18.2. The molecule has 0 saturated carbocycles. The van der Waals surface area contributed by atoms with Crippen molar-refractivity contribution < 1.29 is 22.0 Å². The van der Waals surface area contributed by atoms with Gasteiger partial charge in [0.25, 0.3) is 0 Å². The fourth-order valence-electron chi connectivity index (χ4n) is 4.64. The molecule has 2 fully saturated rings. The number of carbonyl (C=O) groups excluding carboxylic acids is 1. The molecule has 11 heteroatoms. The molecule has 3 heterocycles. The summed E-state index contributed by atoms with van der Waals surface area (Å²) in [6.45, 7) is 2.05. The summed E-state index contributed by atoms with van der Waals surface area (Å²) in [6, 6.07) is 1.71. The van der Waals surface area contributed by atoms with E-state index in [1.807, 2.05) is 4.90 Å². The first-order valence-corrected chi connectivity index (χ1v) is 13.1. The molecule has 0 spiro atoms. The van der Waals surface area contributed by atoms with Crippen molar-refractivity contribution in [2.45, 2.75) is 43.0 Å². The minimum absolute atomic E-state index is 0.0547. The fourth-order valence-corrected chi connectivity index (χ4v) is 5.37. The average molecular weight is 499 g/mol. The fraction of sp³-hybridized carbons (Fsp3) is 0.500. The van der Waals surface area contributed by atoms with Crippen LogP contribution in [0.4, 0.5) is 14.6 Å². The molecular formula is C22H25ClF2N4O3S. The van der Waals surface area contributed by atoms with Gasteiger partial charge in [0, 0.05) is 43.4 Å². The van der Waals surface area contributed by atoms with Gasteiger partial charge in [0.15, 0.2) is 9.84 Å². The van der Waals surface area contributed by atoms with Gasteiger partial charge in [-0.3, -0.25) is 4.79 Å². The van der Waals surface area contributed by atoms with Crippen LogP contribution >= 0.6 is 11.6 Å². The van der Waals surface area contributed by atoms with E-state index in [9.17, 15) is 22.0 Å². The van der Waals surface area contributed by atoms with E-state index in [4.69, 9.17) is 11.6 Å². The molecule has 2 aliphatic rings. The van der Waals surface area contributed by atoms with Crippen LogP contribution in [0.25, 0.3) is 0 Å². The van der Waals surface area contributed by atoms with E-state index in [0.29, 0.717) is 31.2 Å². The van der Waals surface area contributed by atoms with Gasteiger partial charge in [-0.15, -0.1) is 0 Å². The molecule has 178 valence electrons. The van der Waals surface area contributed by atoms with Crippen molar-refractivity contribution >= 4 is 33.2 Å². The monoisotopic (exact) mass is 498 g/mol. The first-order valence-electron chi connectivity index (χ1n) is 10.8. The van der Waals surface area contributed by atoms with Gasteiger partial charge in [0.05, 0.1) is 17.3 Å². The van der Waals surface area contributed by atoms with Crippen LogP contribution < -0.4 is 4.90 Å². The van der Waals surface area contributed by atoms with E-state index in [0.717, 1.165) is 43.5 Å². The highest BCUT2D eigenvalue weighted by Crippen LogP contribution is 2.30. The number of carbonyl (C=O) groups is 1. The van der Waals surface area contributed by atoms with Crippen molar-refractivity contribution in [1.82, 2.24) is 14.9 Å². The Hall–Kier alpha value is -2.33. The molecule has 0 N–H and O–H groups in total. The molecule has 0 radical (unpaired) electrons. The van der Waals surface area contributed by atoms with Crippen LogP contribution in [0, 0.1) is 17.6 Å². The number of likely N-dealkylation sites (tertiary alicyclic amines) is 1. The first kappa shape index (κ1) is 23.8. The molecule has 33 heavy (non-hydrogen) atoms. The Bertz CT molecular complexity index is 1120. The second-order valence-electron chi connectivity index (χ2n) is 8.63. The van der Waals surface area contributed by atoms with Crippen LogP contribution in [-0.2, 0) is 21.1 Å². The van der Waals surface area contributed by atoms with Crippen molar-refractivity contribution in [1.29, 1.82) is 0 Å². The number of aromatic nitrogens is 2. The van der Waals surface area contributed by atoms with Gasteiger partial charge in [-0.25, -0.2) is 27.2 Å². The van der Waals surface area contributed by atoms with Crippen LogP contribution in [0.2, 0.25) is 5.15 Å². The van der Waals surface area contributed by atoms with Crippen molar-refractivity contribution in [3.8, 4) is 0 Å². The molecule has 1 atom stereocenters. The van der Waals surface area contributed by atoms with Gasteiger partial charge in [-0.2, -0.15) is 0 Å². The smallest absolute Gasteiger partial charge is 0.226 e. The van der Waals surface area contributed by atoms with Gasteiger partial charge >= 0.3 is 0 Å². The molecule has 0 aliphatic carbocycles. The maximum atomic E-state index is 14.6. The van der Waals surface area contributed by atoms with Crippen molar-refractivity contribution in [2.75, 3.05) is 30.8 Å². The van der Waals surface area contributed by atoms with Crippen LogP contribution in [0.5, 0.6) is 0 Å². The SMILES string of the molecule is CS(=O)(=O)c1cc(F)c(C[C@H]2CCCN(C3CCN(c4cnc(Cl)cn4)CC3)C2=O)c(F)c1. The maximum absolute atomic E-state index is 14.6. The van der Waals surface area contributed by atoms with E-state index in [1.165, 1.54) is 6.20 Å². The summed E-state index contributed by atoms with van der Waals surface area (Å²) >= 11 is 5.80. The third-order valence-corrected chi connectivity index (χ3v) is 7.70. The Morgan fingerprint density at radius 3 is 2.30 bits per heavy atom. The maximum Gasteiger partial charge on any atom is 0.226 e. The lowest BCUT2D eigenvalue weighted by atomic mass is 9.88. The van der Waals surface area contributed by atoms with Crippen LogP contribution in [0.1, 0.15) is 31.2 Å². The van der Waals surface area contributed by atoms with Crippen molar-refractivity contribution in [3.05, 3.63) is 46.9 Å². The Morgan fingerprint density at radius 2 is 1.73 bits per heavy atom. The Labute approximate surface area is 196 Å². The number of sulfone groups is 1. The van der Waals surface area contributed by atoms with E-state index >= 15 is 0 Å². The number of hydrogen-bond acceptors (Lipinski definition) is 6. The topological polar surface area (TPSA) is 83.5 Å². The average Bonchev–Trinajstić information content (AvgIpc) is 2.77. The van der Waals surface area contributed by atoms with Gasteiger partial charge < -0.3 is 9.80 Å². The summed E-state index contributed by atoms with van der Waals surface area (Å²) in [6.07, 6.45) is 6.75. The number of hydrogen-bond donors (Lipinski definition) is 0. The zero-order chi connectivity index (χ0) is 23.8. The van der Waals surface area contributed by atoms with E-state index in [2.05, 4.69) is 14.9 Å². The number of rotatable bonds is 5. The first-order chi connectivity index (χ1) is 15.6. The molecule has 2 aliphatic heterocycles. The summed E-state index contributed by atoms with van der Waals surface area (Å²) in [4.78, 5) is 25.1.